The Bertz CT molecular complexity index is 921. The number of nitrogens with one attached hydrogen (secondary N) is 1. The van der Waals surface area contributed by atoms with Gasteiger partial charge in [-0.25, -0.2) is 13.2 Å². The Kier molecular flexibility index (Phi) is 6.57. The fourth-order valence-electron chi connectivity index (χ4n) is 2.30. The minimum atomic E-state index is -3.35. The Morgan fingerprint density at radius 2 is 1.70 bits per heavy atom. The number of hydrogen-bond donors (Lipinski definition) is 1. The second kappa shape index (κ2) is 8.68. The van der Waals surface area contributed by atoms with Crippen molar-refractivity contribution in [2.45, 2.75) is 24.5 Å². The van der Waals surface area contributed by atoms with Gasteiger partial charge in [-0.3, -0.25) is 4.79 Å². The molecule has 1 unspecified atom stereocenters. The Labute approximate surface area is 158 Å². The van der Waals surface area contributed by atoms with Crippen LogP contribution in [0.3, 0.4) is 0 Å². The lowest BCUT2D eigenvalue weighted by Gasteiger charge is -2.14. The van der Waals surface area contributed by atoms with Crippen molar-refractivity contribution in [3.63, 3.8) is 0 Å². The van der Waals surface area contributed by atoms with Crippen LogP contribution in [0.15, 0.2) is 53.4 Å². The summed E-state index contributed by atoms with van der Waals surface area (Å²) in [5.74, 6) is -0.523. The van der Waals surface area contributed by atoms with Gasteiger partial charge in [0.15, 0.2) is 15.9 Å². The molecule has 7 nitrogen and oxygen atoms in total. The van der Waals surface area contributed by atoms with Crippen molar-refractivity contribution in [2.75, 3.05) is 13.4 Å². The Morgan fingerprint density at radius 3 is 2.30 bits per heavy atom. The first-order chi connectivity index (χ1) is 12.7. The second-order valence-corrected chi connectivity index (χ2v) is 7.89. The van der Waals surface area contributed by atoms with Crippen LogP contribution in [0, 0.1) is 0 Å². The first-order valence-corrected chi connectivity index (χ1v) is 10.0. The van der Waals surface area contributed by atoms with Gasteiger partial charge in [0.25, 0.3) is 5.91 Å². The normalized spacial score (nSPS) is 12.1. The maximum atomic E-state index is 12.2. The maximum absolute atomic E-state index is 12.2. The van der Waals surface area contributed by atoms with Crippen LogP contribution in [-0.4, -0.2) is 39.8 Å². The van der Waals surface area contributed by atoms with E-state index >= 15 is 0 Å². The molecule has 0 saturated carbocycles. The van der Waals surface area contributed by atoms with Crippen LogP contribution < -0.4 is 10.1 Å². The molecule has 1 N–H and O–H groups in total. The molecule has 2 aromatic rings. The molecule has 1 atom stereocenters. The first kappa shape index (κ1) is 20.4. The van der Waals surface area contributed by atoms with E-state index in [9.17, 15) is 18.0 Å². The summed E-state index contributed by atoms with van der Waals surface area (Å²) in [7, 11) is -1.81. The van der Waals surface area contributed by atoms with E-state index in [0.29, 0.717) is 5.75 Å². The molecule has 2 rings (SSSR count). The summed E-state index contributed by atoms with van der Waals surface area (Å²) in [6.45, 7) is 1.69. The van der Waals surface area contributed by atoms with E-state index in [0.717, 1.165) is 11.8 Å². The molecule has 0 radical (unpaired) electrons. The second-order valence-electron chi connectivity index (χ2n) is 5.87. The molecule has 27 heavy (non-hydrogen) atoms. The average Bonchev–Trinajstić information content (AvgIpc) is 2.65. The highest BCUT2D eigenvalue weighted by Crippen LogP contribution is 2.17. The van der Waals surface area contributed by atoms with Gasteiger partial charge in [-0.2, -0.15) is 0 Å². The molecule has 2 aromatic carbocycles. The van der Waals surface area contributed by atoms with E-state index in [2.05, 4.69) is 5.32 Å². The van der Waals surface area contributed by atoms with Crippen LogP contribution in [-0.2, 0) is 25.9 Å². The zero-order valence-electron chi connectivity index (χ0n) is 15.3. The molecule has 0 bridgehead atoms. The maximum Gasteiger partial charge on any atom is 0.338 e. The highest BCUT2D eigenvalue weighted by Gasteiger charge is 2.19. The lowest BCUT2D eigenvalue weighted by Crippen LogP contribution is -2.35. The smallest absolute Gasteiger partial charge is 0.338 e. The highest BCUT2D eigenvalue weighted by molar-refractivity contribution is 7.90. The lowest BCUT2D eigenvalue weighted by atomic mass is 10.2. The number of esters is 1. The molecule has 0 aliphatic carbocycles. The Hall–Kier alpha value is -2.87. The summed E-state index contributed by atoms with van der Waals surface area (Å²) >= 11 is 0. The molecule has 0 heterocycles. The van der Waals surface area contributed by atoms with Gasteiger partial charge in [0.2, 0.25) is 0 Å². The average molecular weight is 391 g/mol. The third-order valence-corrected chi connectivity index (χ3v) is 4.95. The van der Waals surface area contributed by atoms with Crippen LogP contribution in [0.2, 0.25) is 0 Å². The number of methoxy groups -OCH3 is 1. The van der Waals surface area contributed by atoms with Gasteiger partial charge in [0.1, 0.15) is 5.75 Å². The number of para-hydroxylation sites is 1. The Balaban J connectivity index is 1.94. The predicted octanol–water partition coefficient (Wildman–Crippen LogP) is 1.96. The van der Waals surface area contributed by atoms with E-state index in [1.165, 1.54) is 31.2 Å². The van der Waals surface area contributed by atoms with Crippen LogP contribution in [0.4, 0.5) is 0 Å². The molecule has 0 aliphatic heterocycles. The van der Waals surface area contributed by atoms with Crippen LogP contribution in [0.5, 0.6) is 5.75 Å². The van der Waals surface area contributed by atoms with Gasteiger partial charge in [0, 0.05) is 18.4 Å². The first-order valence-electron chi connectivity index (χ1n) is 8.13. The summed E-state index contributed by atoms with van der Waals surface area (Å²) in [6, 6.07) is 12.6. The number of carbonyl (C=O) groups excluding carboxylic acids is 2. The fourth-order valence-corrected chi connectivity index (χ4v) is 2.93. The van der Waals surface area contributed by atoms with Gasteiger partial charge < -0.3 is 14.8 Å². The quantitative estimate of drug-likeness (QED) is 0.725. The van der Waals surface area contributed by atoms with Gasteiger partial charge >= 0.3 is 5.97 Å². The van der Waals surface area contributed by atoms with E-state index in [4.69, 9.17) is 9.47 Å². The lowest BCUT2D eigenvalue weighted by molar-refractivity contribution is -0.129. The molecule has 0 fully saturated rings. The van der Waals surface area contributed by atoms with Crippen molar-refractivity contribution in [3.8, 4) is 5.75 Å². The molecule has 8 heteroatoms. The van der Waals surface area contributed by atoms with E-state index < -0.39 is 27.8 Å². The zero-order chi connectivity index (χ0) is 20.0. The number of rotatable bonds is 7. The summed E-state index contributed by atoms with van der Waals surface area (Å²) in [5.41, 5.74) is 0.954. The minimum absolute atomic E-state index is 0.0987. The predicted molar refractivity (Wildman–Crippen MR) is 99.3 cm³/mol. The molecular formula is C19H21NO6S. The van der Waals surface area contributed by atoms with E-state index in [1.54, 1.807) is 13.2 Å². The summed E-state index contributed by atoms with van der Waals surface area (Å²) in [5, 5.41) is 2.68. The van der Waals surface area contributed by atoms with Crippen molar-refractivity contribution in [1.82, 2.24) is 5.32 Å². The largest absolute Gasteiger partial charge is 0.496 e. The SMILES string of the molecule is COc1ccccc1CNC(=O)C(C)OC(=O)c1ccc(S(C)(=O)=O)cc1. The van der Waals surface area contributed by atoms with Crippen molar-refractivity contribution in [3.05, 3.63) is 59.7 Å². The van der Waals surface area contributed by atoms with Crippen molar-refractivity contribution in [2.24, 2.45) is 0 Å². The molecule has 0 aliphatic rings. The number of sulfone groups is 1. The standard InChI is InChI=1S/C19H21NO6S/c1-13(18(21)20-12-15-6-4-5-7-17(15)25-2)26-19(22)14-8-10-16(11-9-14)27(3,23)24/h4-11,13H,12H2,1-3H3,(H,20,21). The van der Waals surface area contributed by atoms with Gasteiger partial charge in [-0.1, -0.05) is 18.2 Å². The topological polar surface area (TPSA) is 98.8 Å². The highest BCUT2D eigenvalue weighted by atomic mass is 32.2. The van der Waals surface area contributed by atoms with E-state index in [1.807, 2.05) is 18.2 Å². The number of ether oxygens (including phenoxy) is 2. The summed E-state index contributed by atoms with van der Waals surface area (Å²) < 4.78 is 33.2. The number of hydrogen-bond acceptors (Lipinski definition) is 6. The molecule has 0 spiro atoms. The molecule has 0 aromatic heterocycles. The van der Waals surface area contributed by atoms with E-state index in [-0.39, 0.29) is 17.0 Å². The van der Waals surface area contributed by atoms with Crippen LogP contribution >= 0.6 is 0 Å². The molecule has 0 saturated heterocycles. The fraction of sp³-hybridized carbons (Fsp3) is 0.263. The number of benzene rings is 2. The van der Waals surface area contributed by atoms with Crippen molar-refractivity contribution in [1.29, 1.82) is 0 Å². The monoisotopic (exact) mass is 391 g/mol. The zero-order valence-corrected chi connectivity index (χ0v) is 16.1. The van der Waals surface area contributed by atoms with Crippen LogP contribution in [0.1, 0.15) is 22.8 Å². The molecule has 144 valence electrons. The van der Waals surface area contributed by atoms with Crippen molar-refractivity contribution >= 4 is 21.7 Å². The number of carbonyl (C=O) groups is 2. The van der Waals surface area contributed by atoms with Gasteiger partial charge in [-0.15, -0.1) is 0 Å². The molecular weight excluding hydrogens is 370 g/mol. The minimum Gasteiger partial charge on any atom is -0.496 e. The van der Waals surface area contributed by atoms with Gasteiger partial charge in [-0.05, 0) is 37.3 Å². The van der Waals surface area contributed by atoms with Crippen LogP contribution in [0.25, 0.3) is 0 Å². The Morgan fingerprint density at radius 1 is 1.07 bits per heavy atom. The number of amides is 1. The van der Waals surface area contributed by atoms with Crippen molar-refractivity contribution < 1.29 is 27.5 Å². The van der Waals surface area contributed by atoms with Gasteiger partial charge in [0.05, 0.1) is 17.6 Å². The summed E-state index contributed by atoms with van der Waals surface area (Å²) in [4.78, 5) is 24.4. The third-order valence-electron chi connectivity index (χ3n) is 3.82. The summed E-state index contributed by atoms with van der Waals surface area (Å²) in [6.07, 6.45) is 0.0656. The molecule has 1 amide bonds. The third kappa shape index (κ3) is 5.55.